The SMILES string of the molecule is Cc1ccc(COc2ccc(Br)cc2C(=O)N[C@@H](Cc2ccc(-c3ccccc3Oc3ccccc3)cc2)C(=O)O)cc1. The van der Waals surface area contributed by atoms with Crippen LogP contribution in [0.25, 0.3) is 11.1 Å². The van der Waals surface area contributed by atoms with E-state index in [-0.39, 0.29) is 18.6 Å². The molecule has 216 valence electrons. The normalized spacial score (nSPS) is 11.4. The highest BCUT2D eigenvalue weighted by Gasteiger charge is 2.23. The molecule has 0 aliphatic rings. The second-order valence-corrected chi connectivity index (χ2v) is 11.0. The van der Waals surface area contributed by atoms with Gasteiger partial charge >= 0.3 is 5.97 Å². The number of hydrogen-bond acceptors (Lipinski definition) is 4. The molecule has 0 aliphatic heterocycles. The van der Waals surface area contributed by atoms with E-state index in [4.69, 9.17) is 9.47 Å². The fourth-order valence-corrected chi connectivity index (χ4v) is 4.91. The molecule has 2 N–H and O–H groups in total. The van der Waals surface area contributed by atoms with Gasteiger partial charge in [-0.1, -0.05) is 106 Å². The zero-order chi connectivity index (χ0) is 30.2. The monoisotopic (exact) mass is 635 g/mol. The van der Waals surface area contributed by atoms with Crippen molar-refractivity contribution in [2.45, 2.75) is 26.0 Å². The molecular weight excluding hydrogens is 606 g/mol. The highest BCUT2D eigenvalue weighted by atomic mass is 79.9. The first-order valence-corrected chi connectivity index (χ1v) is 14.6. The Labute approximate surface area is 259 Å². The third-order valence-electron chi connectivity index (χ3n) is 6.87. The largest absolute Gasteiger partial charge is 0.488 e. The third-order valence-corrected chi connectivity index (χ3v) is 7.36. The molecule has 6 nitrogen and oxygen atoms in total. The number of para-hydroxylation sites is 2. The lowest BCUT2D eigenvalue weighted by Gasteiger charge is -2.17. The van der Waals surface area contributed by atoms with Gasteiger partial charge in [0.15, 0.2) is 0 Å². The van der Waals surface area contributed by atoms with Crippen molar-refractivity contribution in [3.05, 3.63) is 148 Å². The molecule has 0 radical (unpaired) electrons. The van der Waals surface area contributed by atoms with Crippen LogP contribution in [0, 0.1) is 6.92 Å². The van der Waals surface area contributed by atoms with E-state index < -0.39 is 17.9 Å². The van der Waals surface area contributed by atoms with Crippen LogP contribution in [0.5, 0.6) is 17.2 Å². The number of carbonyl (C=O) groups excluding carboxylic acids is 1. The van der Waals surface area contributed by atoms with E-state index in [9.17, 15) is 14.7 Å². The van der Waals surface area contributed by atoms with Crippen molar-refractivity contribution >= 4 is 27.8 Å². The molecule has 5 rings (SSSR count). The molecule has 0 saturated carbocycles. The van der Waals surface area contributed by atoms with Crippen LogP contribution in [-0.4, -0.2) is 23.0 Å². The Balaban J connectivity index is 1.28. The molecule has 7 heteroatoms. The van der Waals surface area contributed by atoms with Crippen LogP contribution in [0.4, 0.5) is 0 Å². The van der Waals surface area contributed by atoms with Crippen LogP contribution in [0.15, 0.2) is 126 Å². The van der Waals surface area contributed by atoms with E-state index in [1.54, 1.807) is 18.2 Å². The van der Waals surface area contributed by atoms with Crippen LogP contribution >= 0.6 is 15.9 Å². The van der Waals surface area contributed by atoms with Crippen LogP contribution < -0.4 is 14.8 Å². The van der Waals surface area contributed by atoms with E-state index >= 15 is 0 Å². The Morgan fingerprint density at radius 1 is 0.791 bits per heavy atom. The second kappa shape index (κ2) is 13.9. The average Bonchev–Trinajstić information content (AvgIpc) is 3.02. The number of carboxylic acid groups (broad SMARTS) is 1. The summed E-state index contributed by atoms with van der Waals surface area (Å²) in [7, 11) is 0. The summed E-state index contributed by atoms with van der Waals surface area (Å²) in [5.41, 5.74) is 4.95. The molecule has 5 aromatic rings. The lowest BCUT2D eigenvalue weighted by molar-refractivity contribution is -0.139. The summed E-state index contributed by atoms with van der Waals surface area (Å²) in [5.74, 6) is 0.158. The molecule has 0 aromatic heterocycles. The number of aliphatic carboxylic acids is 1. The van der Waals surface area contributed by atoms with Crippen LogP contribution in [0.3, 0.4) is 0 Å². The predicted molar refractivity (Wildman–Crippen MR) is 171 cm³/mol. The standard InChI is InChI=1S/C36H30BrNO5/c1-24-11-13-26(14-12-24)23-42-33-20-19-28(37)22-31(33)35(39)38-32(36(40)41)21-25-15-17-27(18-16-25)30-9-5-6-10-34(30)43-29-7-3-2-4-8-29/h2-20,22,32H,21,23H2,1H3,(H,38,39)(H,40,41)/t32-/m0/s1. The van der Waals surface area contributed by atoms with Gasteiger partial charge in [0, 0.05) is 16.5 Å². The molecule has 0 saturated heterocycles. The maximum Gasteiger partial charge on any atom is 0.326 e. The molecule has 1 atom stereocenters. The van der Waals surface area contributed by atoms with Crippen LogP contribution in [0.2, 0.25) is 0 Å². The lowest BCUT2D eigenvalue weighted by Crippen LogP contribution is -2.42. The van der Waals surface area contributed by atoms with Gasteiger partial charge in [0.1, 0.15) is 29.9 Å². The van der Waals surface area contributed by atoms with Gasteiger partial charge in [-0.15, -0.1) is 0 Å². The van der Waals surface area contributed by atoms with Crippen molar-refractivity contribution in [3.8, 4) is 28.4 Å². The number of halogens is 1. The van der Waals surface area contributed by atoms with Gasteiger partial charge in [-0.25, -0.2) is 4.79 Å². The van der Waals surface area contributed by atoms with Gasteiger partial charge in [0.05, 0.1) is 5.56 Å². The van der Waals surface area contributed by atoms with Crippen molar-refractivity contribution in [1.82, 2.24) is 5.32 Å². The number of rotatable bonds is 11. The second-order valence-electron chi connectivity index (χ2n) is 10.1. The number of ether oxygens (including phenoxy) is 2. The summed E-state index contributed by atoms with van der Waals surface area (Å²) < 4.78 is 12.7. The summed E-state index contributed by atoms with van der Waals surface area (Å²) in [6, 6.07) is 36.8. The fraction of sp³-hybridized carbons (Fsp3) is 0.111. The number of nitrogens with one attached hydrogen (secondary N) is 1. The Morgan fingerprint density at radius 3 is 2.19 bits per heavy atom. The number of carbonyl (C=O) groups is 2. The molecule has 0 aliphatic carbocycles. The van der Waals surface area contributed by atoms with Gasteiger partial charge in [0.2, 0.25) is 0 Å². The van der Waals surface area contributed by atoms with Gasteiger partial charge in [0.25, 0.3) is 5.91 Å². The molecule has 0 heterocycles. The summed E-state index contributed by atoms with van der Waals surface area (Å²) in [4.78, 5) is 25.5. The van der Waals surface area contributed by atoms with Crippen molar-refractivity contribution in [3.63, 3.8) is 0 Å². The van der Waals surface area contributed by atoms with Crippen LogP contribution in [-0.2, 0) is 17.8 Å². The summed E-state index contributed by atoms with van der Waals surface area (Å²) in [5, 5.41) is 12.6. The quantitative estimate of drug-likeness (QED) is 0.153. The van der Waals surface area contributed by atoms with E-state index in [1.165, 1.54) is 0 Å². The fourth-order valence-electron chi connectivity index (χ4n) is 4.55. The van der Waals surface area contributed by atoms with E-state index in [1.807, 2.05) is 110 Å². The Kier molecular flexibility index (Phi) is 9.54. The van der Waals surface area contributed by atoms with Crippen molar-refractivity contribution in [2.24, 2.45) is 0 Å². The number of hydrogen-bond donors (Lipinski definition) is 2. The Hall–Kier alpha value is -4.88. The molecule has 0 unspecified atom stereocenters. The molecular formula is C36H30BrNO5. The molecule has 0 spiro atoms. The van der Waals surface area contributed by atoms with Gasteiger partial charge in [-0.2, -0.15) is 0 Å². The first kappa shape index (κ1) is 29.6. The van der Waals surface area contributed by atoms with Crippen molar-refractivity contribution in [1.29, 1.82) is 0 Å². The minimum absolute atomic E-state index is 0.108. The average molecular weight is 637 g/mol. The topological polar surface area (TPSA) is 84.9 Å². The number of aryl methyl sites for hydroxylation is 1. The smallest absolute Gasteiger partial charge is 0.326 e. The van der Waals surface area contributed by atoms with Crippen molar-refractivity contribution in [2.75, 3.05) is 0 Å². The predicted octanol–water partition coefficient (Wildman–Crippen LogP) is 8.22. The van der Waals surface area contributed by atoms with Gasteiger partial charge < -0.3 is 19.9 Å². The summed E-state index contributed by atoms with van der Waals surface area (Å²) >= 11 is 3.41. The van der Waals surface area contributed by atoms with Gasteiger partial charge in [-0.3, -0.25) is 4.79 Å². The summed E-state index contributed by atoms with van der Waals surface area (Å²) in [6.07, 6.45) is 0.108. The zero-order valence-electron chi connectivity index (χ0n) is 23.5. The lowest BCUT2D eigenvalue weighted by atomic mass is 9.99. The number of carboxylic acids is 1. The maximum absolute atomic E-state index is 13.3. The summed E-state index contributed by atoms with van der Waals surface area (Å²) in [6.45, 7) is 2.28. The molecule has 1 amide bonds. The Bertz CT molecular complexity index is 1700. The highest BCUT2D eigenvalue weighted by molar-refractivity contribution is 9.10. The zero-order valence-corrected chi connectivity index (χ0v) is 25.1. The molecule has 0 fully saturated rings. The van der Waals surface area contributed by atoms with E-state index in [0.717, 1.165) is 33.6 Å². The maximum atomic E-state index is 13.3. The van der Waals surface area contributed by atoms with E-state index in [0.29, 0.717) is 16.0 Å². The first-order chi connectivity index (χ1) is 20.9. The highest BCUT2D eigenvalue weighted by Crippen LogP contribution is 2.33. The number of amides is 1. The minimum atomic E-state index is -1.14. The minimum Gasteiger partial charge on any atom is -0.488 e. The van der Waals surface area contributed by atoms with E-state index in [2.05, 4.69) is 21.2 Å². The van der Waals surface area contributed by atoms with Gasteiger partial charge in [-0.05, 0) is 60.0 Å². The molecule has 0 bridgehead atoms. The third kappa shape index (κ3) is 7.90. The first-order valence-electron chi connectivity index (χ1n) is 13.8. The Morgan fingerprint density at radius 2 is 1.47 bits per heavy atom. The number of benzene rings is 5. The molecule has 43 heavy (non-hydrogen) atoms. The van der Waals surface area contributed by atoms with Crippen LogP contribution in [0.1, 0.15) is 27.0 Å². The molecule has 5 aromatic carbocycles. The van der Waals surface area contributed by atoms with Crippen molar-refractivity contribution < 1.29 is 24.2 Å².